The summed E-state index contributed by atoms with van der Waals surface area (Å²) in [6.45, 7) is 4.71. The predicted octanol–water partition coefficient (Wildman–Crippen LogP) is 1.44. The maximum absolute atomic E-state index is 12.3. The highest BCUT2D eigenvalue weighted by Gasteiger charge is 2.32. The van der Waals surface area contributed by atoms with Gasteiger partial charge in [0.05, 0.1) is 22.7 Å². The van der Waals surface area contributed by atoms with Crippen molar-refractivity contribution in [1.82, 2.24) is 9.55 Å². The zero-order valence-electron chi connectivity index (χ0n) is 10.7. The van der Waals surface area contributed by atoms with E-state index >= 15 is 0 Å². The lowest BCUT2D eigenvalue weighted by atomic mass is 9.99. The van der Waals surface area contributed by atoms with Crippen LogP contribution in [-0.2, 0) is 7.05 Å². The van der Waals surface area contributed by atoms with E-state index in [0.29, 0.717) is 18.9 Å². The molecule has 3 rings (SSSR count). The first kappa shape index (κ1) is 11.8. The molecule has 0 spiro atoms. The maximum Gasteiger partial charge on any atom is 0.293 e. The average molecular weight is 257 g/mol. The molecular weight excluding hydrogens is 242 g/mol. The van der Waals surface area contributed by atoms with Crippen molar-refractivity contribution >= 4 is 16.9 Å². The van der Waals surface area contributed by atoms with Gasteiger partial charge in [-0.15, -0.1) is 0 Å². The molecule has 0 bridgehead atoms. The van der Waals surface area contributed by atoms with Gasteiger partial charge in [-0.1, -0.05) is 18.7 Å². The quantitative estimate of drug-likeness (QED) is 0.827. The van der Waals surface area contributed by atoms with Crippen LogP contribution in [-0.4, -0.2) is 27.7 Å². The van der Waals surface area contributed by atoms with Crippen molar-refractivity contribution in [3.63, 3.8) is 0 Å². The van der Waals surface area contributed by atoms with Gasteiger partial charge in [-0.25, -0.2) is 4.98 Å². The number of aliphatic hydroxyl groups is 1. The van der Waals surface area contributed by atoms with Crippen LogP contribution in [0.15, 0.2) is 41.4 Å². The number of para-hydroxylation sites is 2. The molecule has 1 N–H and O–H groups in total. The largest absolute Gasteiger partial charge is 0.513 e. The second-order valence-electron chi connectivity index (χ2n) is 4.88. The summed E-state index contributed by atoms with van der Waals surface area (Å²) in [5.74, 6) is 0.658. The standard InChI is InChI=1S/C14H15N3O2/c1-9(18)10-7-17(8-10)13-14(19)16(2)12-6-4-3-5-11(12)15-13/h3-6,10,18H,1,7-8H2,2H3. The fourth-order valence-electron chi connectivity index (χ4n) is 2.33. The van der Waals surface area contributed by atoms with E-state index in [1.54, 1.807) is 11.6 Å². The third-order valence-electron chi connectivity index (χ3n) is 3.62. The van der Waals surface area contributed by atoms with Crippen LogP contribution in [0.2, 0.25) is 0 Å². The zero-order chi connectivity index (χ0) is 13.6. The second-order valence-corrected chi connectivity index (χ2v) is 4.88. The Morgan fingerprint density at radius 1 is 1.42 bits per heavy atom. The van der Waals surface area contributed by atoms with E-state index in [0.717, 1.165) is 11.0 Å². The van der Waals surface area contributed by atoms with Crippen molar-refractivity contribution in [2.75, 3.05) is 18.0 Å². The topological polar surface area (TPSA) is 58.4 Å². The van der Waals surface area contributed by atoms with Crippen LogP contribution < -0.4 is 10.5 Å². The van der Waals surface area contributed by atoms with Crippen LogP contribution in [0.5, 0.6) is 0 Å². The molecule has 0 unspecified atom stereocenters. The first-order valence-corrected chi connectivity index (χ1v) is 6.16. The van der Waals surface area contributed by atoms with E-state index in [4.69, 9.17) is 0 Å². The fraction of sp³-hybridized carbons (Fsp3) is 0.286. The van der Waals surface area contributed by atoms with Gasteiger partial charge < -0.3 is 14.6 Å². The molecular formula is C14H15N3O2. The molecule has 0 aliphatic carbocycles. The summed E-state index contributed by atoms with van der Waals surface area (Å²) in [6, 6.07) is 7.55. The number of fused-ring (bicyclic) bond motifs is 1. The van der Waals surface area contributed by atoms with Gasteiger partial charge in [-0.2, -0.15) is 0 Å². The first-order valence-electron chi connectivity index (χ1n) is 6.16. The lowest BCUT2D eigenvalue weighted by Gasteiger charge is -2.39. The third kappa shape index (κ3) is 1.78. The highest BCUT2D eigenvalue weighted by Crippen LogP contribution is 2.25. The van der Waals surface area contributed by atoms with Gasteiger partial charge in [-0.05, 0) is 12.1 Å². The lowest BCUT2D eigenvalue weighted by molar-refractivity contribution is 0.295. The van der Waals surface area contributed by atoms with Crippen molar-refractivity contribution < 1.29 is 5.11 Å². The number of hydrogen-bond acceptors (Lipinski definition) is 4. The number of nitrogens with zero attached hydrogens (tertiary/aromatic N) is 3. The normalized spacial score (nSPS) is 15.5. The Balaban J connectivity index is 2.04. The molecule has 2 heterocycles. The van der Waals surface area contributed by atoms with Gasteiger partial charge in [0.1, 0.15) is 0 Å². The van der Waals surface area contributed by atoms with Crippen molar-refractivity contribution in [2.24, 2.45) is 13.0 Å². The van der Waals surface area contributed by atoms with Crippen LogP contribution in [0.4, 0.5) is 5.82 Å². The molecule has 5 nitrogen and oxygen atoms in total. The summed E-state index contributed by atoms with van der Waals surface area (Å²) in [5.41, 5.74) is 1.51. The summed E-state index contributed by atoms with van der Waals surface area (Å²) in [4.78, 5) is 18.6. The Kier molecular flexibility index (Phi) is 2.55. The molecule has 1 fully saturated rings. The molecule has 0 amide bonds. The van der Waals surface area contributed by atoms with Crippen LogP contribution in [0.3, 0.4) is 0 Å². The summed E-state index contributed by atoms with van der Waals surface area (Å²) in [6.07, 6.45) is 0. The Hall–Kier alpha value is -2.30. The molecule has 1 saturated heterocycles. The number of anilines is 1. The van der Waals surface area contributed by atoms with E-state index in [1.807, 2.05) is 29.2 Å². The highest BCUT2D eigenvalue weighted by atomic mass is 16.3. The average Bonchev–Trinajstić information content (AvgIpc) is 2.33. The molecule has 1 aliphatic rings. The van der Waals surface area contributed by atoms with Crippen LogP contribution in [0.1, 0.15) is 0 Å². The maximum atomic E-state index is 12.3. The number of hydrogen-bond donors (Lipinski definition) is 1. The second kappa shape index (κ2) is 4.12. The van der Waals surface area contributed by atoms with E-state index < -0.39 is 0 Å². The monoisotopic (exact) mass is 257 g/mol. The molecule has 5 heteroatoms. The Labute approximate surface area is 110 Å². The number of aryl methyl sites for hydroxylation is 1. The molecule has 0 saturated carbocycles. The molecule has 0 radical (unpaired) electrons. The minimum Gasteiger partial charge on any atom is -0.513 e. The fourth-order valence-corrected chi connectivity index (χ4v) is 2.33. The van der Waals surface area contributed by atoms with Gasteiger partial charge in [-0.3, -0.25) is 4.79 Å². The van der Waals surface area contributed by atoms with Crippen molar-refractivity contribution in [1.29, 1.82) is 0 Å². The SMILES string of the molecule is C=C(O)C1CN(c2nc3ccccc3n(C)c2=O)C1. The van der Waals surface area contributed by atoms with Crippen molar-refractivity contribution in [2.45, 2.75) is 0 Å². The van der Waals surface area contributed by atoms with Crippen molar-refractivity contribution in [3.05, 3.63) is 47.0 Å². The molecule has 0 atom stereocenters. The van der Waals surface area contributed by atoms with E-state index in [-0.39, 0.29) is 17.2 Å². The Morgan fingerprint density at radius 2 is 2.11 bits per heavy atom. The minimum absolute atomic E-state index is 0.0398. The molecule has 1 aromatic carbocycles. The van der Waals surface area contributed by atoms with Gasteiger partial charge in [0.2, 0.25) is 0 Å². The van der Waals surface area contributed by atoms with Gasteiger partial charge in [0, 0.05) is 20.1 Å². The minimum atomic E-state index is -0.110. The third-order valence-corrected chi connectivity index (χ3v) is 3.62. The first-order chi connectivity index (χ1) is 9.08. The van der Waals surface area contributed by atoms with Gasteiger partial charge >= 0.3 is 0 Å². The Morgan fingerprint density at radius 3 is 2.79 bits per heavy atom. The van der Waals surface area contributed by atoms with Crippen LogP contribution in [0, 0.1) is 5.92 Å². The van der Waals surface area contributed by atoms with Gasteiger partial charge in [0.25, 0.3) is 5.56 Å². The molecule has 2 aromatic rings. The Bertz CT molecular complexity index is 714. The zero-order valence-corrected chi connectivity index (χ0v) is 10.7. The predicted molar refractivity (Wildman–Crippen MR) is 74.5 cm³/mol. The number of rotatable bonds is 2. The number of benzene rings is 1. The van der Waals surface area contributed by atoms with E-state index in [2.05, 4.69) is 11.6 Å². The lowest BCUT2D eigenvalue weighted by Crippen LogP contribution is -2.50. The van der Waals surface area contributed by atoms with Crippen LogP contribution in [0.25, 0.3) is 11.0 Å². The molecule has 19 heavy (non-hydrogen) atoms. The van der Waals surface area contributed by atoms with Crippen LogP contribution >= 0.6 is 0 Å². The molecule has 1 aliphatic heterocycles. The highest BCUT2D eigenvalue weighted by molar-refractivity contribution is 5.76. The summed E-state index contributed by atoms with van der Waals surface area (Å²) in [7, 11) is 1.75. The number of aromatic nitrogens is 2. The van der Waals surface area contributed by atoms with E-state index in [1.165, 1.54) is 0 Å². The van der Waals surface area contributed by atoms with Gasteiger partial charge in [0.15, 0.2) is 5.82 Å². The number of aliphatic hydroxyl groups excluding tert-OH is 1. The molecule has 1 aromatic heterocycles. The summed E-state index contributed by atoms with van der Waals surface area (Å²) < 4.78 is 1.61. The smallest absolute Gasteiger partial charge is 0.293 e. The van der Waals surface area contributed by atoms with Crippen molar-refractivity contribution in [3.8, 4) is 0 Å². The summed E-state index contributed by atoms with van der Waals surface area (Å²) in [5, 5.41) is 9.31. The molecule has 98 valence electrons. The summed E-state index contributed by atoms with van der Waals surface area (Å²) >= 11 is 0. The van der Waals surface area contributed by atoms with E-state index in [9.17, 15) is 9.90 Å².